The first kappa shape index (κ1) is 15.9. The number of hydrogen-bond acceptors (Lipinski definition) is 4. The van der Waals surface area contributed by atoms with Crippen molar-refractivity contribution in [3.05, 3.63) is 0 Å². The fourth-order valence-electron chi connectivity index (χ4n) is 2.41. The smallest absolute Gasteiger partial charge is 0.0593 e. The van der Waals surface area contributed by atoms with Gasteiger partial charge in [0.2, 0.25) is 0 Å². The van der Waals surface area contributed by atoms with Crippen LogP contribution < -0.4 is 5.32 Å². The number of rotatable bonds is 8. The Morgan fingerprint density at radius 3 is 2.78 bits per heavy atom. The number of nitrogens with one attached hydrogen (secondary N) is 1. The van der Waals surface area contributed by atoms with E-state index in [1.54, 1.807) is 7.11 Å². The molecule has 18 heavy (non-hydrogen) atoms. The van der Waals surface area contributed by atoms with Crippen molar-refractivity contribution in [2.75, 3.05) is 46.6 Å². The third kappa shape index (κ3) is 4.84. The van der Waals surface area contributed by atoms with Crippen LogP contribution in [-0.2, 0) is 9.47 Å². The predicted molar refractivity (Wildman–Crippen MR) is 75.0 cm³/mol. The maximum Gasteiger partial charge on any atom is 0.0593 e. The highest BCUT2D eigenvalue weighted by Gasteiger charge is 2.34. The van der Waals surface area contributed by atoms with E-state index in [1.165, 1.54) is 6.42 Å². The van der Waals surface area contributed by atoms with Crippen LogP contribution in [0, 0.1) is 0 Å². The maximum atomic E-state index is 5.67. The molecule has 108 valence electrons. The van der Waals surface area contributed by atoms with E-state index in [9.17, 15) is 0 Å². The highest BCUT2D eigenvalue weighted by atomic mass is 16.5. The second-order valence-electron chi connectivity index (χ2n) is 5.54. The molecule has 4 heteroatoms. The highest BCUT2D eigenvalue weighted by molar-refractivity contribution is 4.93. The van der Waals surface area contributed by atoms with Crippen LogP contribution in [0.4, 0.5) is 0 Å². The van der Waals surface area contributed by atoms with E-state index >= 15 is 0 Å². The number of hydrogen-bond donors (Lipinski definition) is 1. The summed E-state index contributed by atoms with van der Waals surface area (Å²) in [5.41, 5.74) is 0.280. The van der Waals surface area contributed by atoms with Crippen molar-refractivity contribution in [1.82, 2.24) is 10.2 Å². The van der Waals surface area contributed by atoms with Gasteiger partial charge in [0.05, 0.1) is 6.61 Å². The Hall–Kier alpha value is -0.160. The lowest BCUT2D eigenvalue weighted by Gasteiger charge is -2.47. The molecule has 4 nitrogen and oxygen atoms in total. The zero-order valence-corrected chi connectivity index (χ0v) is 12.5. The lowest BCUT2D eigenvalue weighted by Crippen LogP contribution is -2.62. The average Bonchev–Trinajstić information content (AvgIpc) is 2.38. The van der Waals surface area contributed by atoms with Gasteiger partial charge in [0.25, 0.3) is 0 Å². The Morgan fingerprint density at radius 2 is 2.11 bits per heavy atom. The van der Waals surface area contributed by atoms with Crippen molar-refractivity contribution < 1.29 is 9.47 Å². The van der Waals surface area contributed by atoms with Gasteiger partial charge in [0.15, 0.2) is 0 Å². The van der Waals surface area contributed by atoms with Gasteiger partial charge in [-0.1, -0.05) is 6.92 Å². The average molecular weight is 258 g/mol. The first-order valence-corrected chi connectivity index (χ1v) is 7.17. The van der Waals surface area contributed by atoms with E-state index in [0.717, 1.165) is 45.9 Å². The van der Waals surface area contributed by atoms with Crippen LogP contribution in [-0.4, -0.2) is 63.0 Å². The quantitative estimate of drug-likeness (QED) is 0.669. The third-order valence-corrected chi connectivity index (χ3v) is 3.99. The van der Waals surface area contributed by atoms with Crippen LogP contribution in [0.2, 0.25) is 0 Å². The van der Waals surface area contributed by atoms with Gasteiger partial charge >= 0.3 is 0 Å². The molecule has 0 bridgehead atoms. The van der Waals surface area contributed by atoms with Crippen LogP contribution in [0.1, 0.15) is 33.6 Å². The van der Waals surface area contributed by atoms with Gasteiger partial charge < -0.3 is 14.8 Å². The van der Waals surface area contributed by atoms with Crippen molar-refractivity contribution in [2.24, 2.45) is 0 Å². The van der Waals surface area contributed by atoms with Crippen LogP contribution in [0.25, 0.3) is 0 Å². The van der Waals surface area contributed by atoms with E-state index in [1.807, 2.05) is 0 Å². The van der Waals surface area contributed by atoms with E-state index < -0.39 is 0 Å². The Balaban J connectivity index is 2.24. The molecule has 1 rings (SSSR count). The normalized spacial score (nSPS) is 29.7. The highest BCUT2D eigenvalue weighted by Crippen LogP contribution is 2.22. The predicted octanol–water partition coefficient (Wildman–Crippen LogP) is 1.50. The molecule has 1 heterocycles. The zero-order valence-electron chi connectivity index (χ0n) is 12.5. The molecule has 1 N–H and O–H groups in total. The van der Waals surface area contributed by atoms with Gasteiger partial charge in [0, 0.05) is 51.5 Å². The molecule has 1 aliphatic heterocycles. The summed E-state index contributed by atoms with van der Waals surface area (Å²) < 4.78 is 10.7. The molecular weight excluding hydrogens is 228 g/mol. The van der Waals surface area contributed by atoms with Gasteiger partial charge in [-0.3, -0.25) is 4.90 Å². The summed E-state index contributed by atoms with van der Waals surface area (Å²) in [6, 6.07) is 0.582. The van der Waals surface area contributed by atoms with Crippen molar-refractivity contribution in [3.63, 3.8) is 0 Å². The number of nitrogens with zero attached hydrogens (tertiary/aromatic N) is 1. The second-order valence-corrected chi connectivity index (χ2v) is 5.54. The van der Waals surface area contributed by atoms with Crippen molar-refractivity contribution >= 4 is 0 Å². The molecule has 0 aromatic heterocycles. The van der Waals surface area contributed by atoms with Crippen molar-refractivity contribution in [3.8, 4) is 0 Å². The zero-order chi connectivity index (χ0) is 13.4. The minimum atomic E-state index is 0.280. The van der Waals surface area contributed by atoms with Gasteiger partial charge in [-0.05, 0) is 26.7 Å². The third-order valence-electron chi connectivity index (χ3n) is 3.99. The summed E-state index contributed by atoms with van der Waals surface area (Å²) >= 11 is 0. The molecule has 0 aromatic rings. The van der Waals surface area contributed by atoms with Gasteiger partial charge in [-0.25, -0.2) is 0 Å². The van der Waals surface area contributed by atoms with E-state index in [4.69, 9.17) is 9.47 Å². The molecule has 1 saturated heterocycles. The molecular formula is C14H30N2O2. The molecule has 1 fully saturated rings. The molecule has 0 amide bonds. The maximum absolute atomic E-state index is 5.67. The molecule has 0 radical (unpaired) electrons. The summed E-state index contributed by atoms with van der Waals surface area (Å²) in [5, 5.41) is 3.57. The molecule has 2 unspecified atom stereocenters. The van der Waals surface area contributed by atoms with Crippen molar-refractivity contribution in [2.45, 2.75) is 45.2 Å². The van der Waals surface area contributed by atoms with Gasteiger partial charge in [0.1, 0.15) is 0 Å². The Bertz CT molecular complexity index is 226. The summed E-state index contributed by atoms with van der Waals surface area (Å²) in [7, 11) is 1.73. The number of methoxy groups -OCH3 is 1. The fourth-order valence-corrected chi connectivity index (χ4v) is 2.41. The SMILES string of the molecule is CCC1(C)CNC(C)CN1CCOCCCOC. The number of ether oxygens (including phenoxy) is 2. The lowest BCUT2D eigenvalue weighted by atomic mass is 9.92. The topological polar surface area (TPSA) is 33.7 Å². The minimum Gasteiger partial charge on any atom is -0.385 e. The van der Waals surface area contributed by atoms with Crippen molar-refractivity contribution in [1.29, 1.82) is 0 Å². The first-order chi connectivity index (χ1) is 8.62. The summed E-state index contributed by atoms with van der Waals surface area (Å²) in [6.07, 6.45) is 2.16. The van der Waals surface area contributed by atoms with E-state index in [0.29, 0.717) is 6.04 Å². The van der Waals surface area contributed by atoms with Gasteiger partial charge in [-0.2, -0.15) is 0 Å². The summed E-state index contributed by atoms with van der Waals surface area (Å²) in [4.78, 5) is 2.57. The fraction of sp³-hybridized carbons (Fsp3) is 1.00. The molecule has 0 saturated carbocycles. The Labute approximate surface area is 112 Å². The molecule has 0 aliphatic carbocycles. The first-order valence-electron chi connectivity index (χ1n) is 7.17. The van der Waals surface area contributed by atoms with Crippen LogP contribution >= 0.6 is 0 Å². The van der Waals surface area contributed by atoms with Crippen LogP contribution in [0.3, 0.4) is 0 Å². The van der Waals surface area contributed by atoms with E-state index in [2.05, 4.69) is 31.0 Å². The molecule has 0 aromatic carbocycles. The monoisotopic (exact) mass is 258 g/mol. The van der Waals surface area contributed by atoms with Crippen LogP contribution in [0.15, 0.2) is 0 Å². The molecule has 0 spiro atoms. The van der Waals surface area contributed by atoms with Crippen LogP contribution in [0.5, 0.6) is 0 Å². The Morgan fingerprint density at radius 1 is 1.33 bits per heavy atom. The summed E-state index contributed by atoms with van der Waals surface area (Å²) in [5.74, 6) is 0. The Kier molecular flexibility index (Phi) is 7.15. The molecule has 2 atom stereocenters. The number of piperazine rings is 1. The minimum absolute atomic E-state index is 0.280. The largest absolute Gasteiger partial charge is 0.385 e. The molecule has 1 aliphatic rings. The second kappa shape index (κ2) is 8.10. The van der Waals surface area contributed by atoms with E-state index in [-0.39, 0.29) is 5.54 Å². The standard InChI is InChI=1S/C14H30N2O2/c1-5-14(3)12-15-13(2)11-16(14)7-10-18-9-6-8-17-4/h13,15H,5-12H2,1-4H3. The van der Waals surface area contributed by atoms with Gasteiger partial charge in [-0.15, -0.1) is 0 Å². The lowest BCUT2D eigenvalue weighted by molar-refractivity contribution is 0.0164. The summed E-state index contributed by atoms with van der Waals surface area (Å²) in [6.45, 7) is 12.5.